The highest BCUT2D eigenvalue weighted by molar-refractivity contribution is 6.31. The summed E-state index contributed by atoms with van der Waals surface area (Å²) in [6, 6.07) is 8.72. The molecule has 3 rings (SSSR count). The fraction of sp³-hybridized carbons (Fsp3) is 0.111. The topological polar surface area (TPSA) is 56.2 Å². The van der Waals surface area contributed by atoms with E-state index in [0.29, 0.717) is 0 Å². The number of hydrogen-bond acceptors (Lipinski definition) is 3. The lowest BCUT2D eigenvalue weighted by atomic mass is 10.2. The Morgan fingerprint density at radius 2 is 1.82 bits per heavy atom. The van der Waals surface area contributed by atoms with Gasteiger partial charge in [0, 0.05) is 22.8 Å². The number of nitrogens with one attached hydrogen (secondary N) is 1. The molecule has 5 nitrogen and oxygen atoms in total. The van der Waals surface area contributed by atoms with Crippen molar-refractivity contribution in [1.82, 2.24) is 9.78 Å². The first-order valence-corrected chi connectivity index (χ1v) is 8.24. The Kier molecular flexibility index (Phi) is 5.84. The summed E-state index contributed by atoms with van der Waals surface area (Å²) in [5, 5.41) is 6.49. The molecule has 0 unspecified atom stereocenters. The van der Waals surface area contributed by atoms with Gasteiger partial charge in [-0.15, -0.1) is 0 Å². The van der Waals surface area contributed by atoms with E-state index in [4.69, 9.17) is 11.6 Å². The molecule has 0 radical (unpaired) electrons. The molecule has 0 aliphatic carbocycles. The van der Waals surface area contributed by atoms with Crippen LogP contribution >= 0.6 is 11.6 Å². The molecule has 0 saturated heterocycles. The zero-order valence-corrected chi connectivity index (χ0v) is 14.8. The van der Waals surface area contributed by atoms with Crippen molar-refractivity contribution in [2.75, 3.05) is 5.32 Å². The lowest BCUT2D eigenvalue weighted by Gasteiger charge is -2.12. The van der Waals surface area contributed by atoms with Crippen molar-refractivity contribution >= 4 is 23.3 Å². The molecule has 0 spiro atoms. The summed E-state index contributed by atoms with van der Waals surface area (Å²) in [4.78, 5) is 12.1. The fourth-order valence-corrected chi connectivity index (χ4v) is 2.70. The predicted molar refractivity (Wildman–Crippen MR) is 93.7 cm³/mol. The summed E-state index contributed by atoms with van der Waals surface area (Å²) in [6.07, 6.45) is 1.43. The first kappa shape index (κ1) is 19.7. The molecule has 2 aromatic carbocycles. The number of halogens is 5. The van der Waals surface area contributed by atoms with Crippen molar-refractivity contribution in [3.63, 3.8) is 0 Å². The van der Waals surface area contributed by atoms with Crippen LogP contribution in [0.1, 0.15) is 15.9 Å². The Labute approximate surface area is 161 Å². The van der Waals surface area contributed by atoms with E-state index in [1.54, 1.807) is 0 Å². The van der Waals surface area contributed by atoms with E-state index in [9.17, 15) is 22.4 Å². The van der Waals surface area contributed by atoms with Gasteiger partial charge in [0.25, 0.3) is 5.91 Å². The molecule has 146 valence electrons. The number of carbonyl (C=O) groups excluding carboxylic acids is 1. The van der Waals surface area contributed by atoms with Crippen LogP contribution in [0.5, 0.6) is 5.75 Å². The van der Waals surface area contributed by atoms with Crippen LogP contribution in [0.25, 0.3) is 0 Å². The van der Waals surface area contributed by atoms with Crippen molar-refractivity contribution in [3.8, 4) is 5.75 Å². The third-order valence-electron chi connectivity index (χ3n) is 3.68. The second kappa shape index (κ2) is 8.30. The lowest BCUT2D eigenvalue weighted by molar-refractivity contribution is -0.0505. The third-order valence-corrected chi connectivity index (χ3v) is 4.04. The van der Waals surface area contributed by atoms with Crippen LogP contribution in [-0.4, -0.2) is 22.3 Å². The molecule has 28 heavy (non-hydrogen) atoms. The summed E-state index contributed by atoms with van der Waals surface area (Å²) >= 11 is 6.05. The van der Waals surface area contributed by atoms with Gasteiger partial charge in [-0.25, -0.2) is 8.78 Å². The smallest absolute Gasteiger partial charge is 0.387 e. The van der Waals surface area contributed by atoms with Crippen LogP contribution < -0.4 is 10.1 Å². The number of amides is 1. The molecule has 1 heterocycles. The maximum atomic E-state index is 13.7. The molecule has 0 bridgehead atoms. The summed E-state index contributed by atoms with van der Waals surface area (Å²) in [6.45, 7) is -3.06. The maximum Gasteiger partial charge on any atom is 0.387 e. The van der Waals surface area contributed by atoms with E-state index in [1.807, 2.05) is 0 Å². The van der Waals surface area contributed by atoms with E-state index >= 15 is 0 Å². The number of carbonyl (C=O) groups is 1. The number of benzene rings is 2. The van der Waals surface area contributed by atoms with Crippen molar-refractivity contribution in [2.45, 2.75) is 13.2 Å². The Morgan fingerprint density at radius 3 is 2.50 bits per heavy atom. The molecule has 0 aliphatic heterocycles. The molecule has 1 aromatic heterocycles. The summed E-state index contributed by atoms with van der Waals surface area (Å²) < 4.78 is 58.2. The first-order valence-electron chi connectivity index (χ1n) is 7.86. The fourth-order valence-electron chi connectivity index (χ4n) is 2.47. The van der Waals surface area contributed by atoms with Crippen LogP contribution in [0.3, 0.4) is 0 Å². The summed E-state index contributed by atoms with van der Waals surface area (Å²) in [5.41, 5.74) is -0.485. The van der Waals surface area contributed by atoms with Crippen molar-refractivity contribution in [1.29, 1.82) is 0 Å². The van der Waals surface area contributed by atoms with Crippen molar-refractivity contribution in [3.05, 3.63) is 76.4 Å². The van der Waals surface area contributed by atoms with E-state index in [-0.39, 0.29) is 28.7 Å². The number of hydrogen-bond donors (Lipinski definition) is 1. The van der Waals surface area contributed by atoms with Gasteiger partial charge < -0.3 is 10.1 Å². The second-order valence-electron chi connectivity index (χ2n) is 5.54. The van der Waals surface area contributed by atoms with Gasteiger partial charge in [0.15, 0.2) is 5.82 Å². The molecule has 0 atom stereocenters. The van der Waals surface area contributed by atoms with E-state index < -0.39 is 29.7 Å². The Balaban J connectivity index is 1.78. The van der Waals surface area contributed by atoms with Gasteiger partial charge in [-0.1, -0.05) is 23.7 Å². The Morgan fingerprint density at radius 1 is 1.14 bits per heavy atom. The van der Waals surface area contributed by atoms with Crippen molar-refractivity contribution in [2.24, 2.45) is 0 Å². The normalized spacial score (nSPS) is 10.9. The molecular weight excluding hydrogens is 402 g/mol. The average Bonchev–Trinajstić information content (AvgIpc) is 3.04. The maximum absolute atomic E-state index is 13.7. The molecule has 1 N–H and O–H groups in total. The van der Waals surface area contributed by atoms with E-state index in [0.717, 1.165) is 18.2 Å². The number of rotatable bonds is 6. The van der Waals surface area contributed by atoms with Gasteiger partial charge in [-0.2, -0.15) is 13.9 Å². The Hall–Kier alpha value is -3.07. The zero-order valence-electron chi connectivity index (χ0n) is 14.0. The van der Waals surface area contributed by atoms with Crippen LogP contribution in [0, 0.1) is 11.6 Å². The van der Waals surface area contributed by atoms with Crippen LogP contribution in [0.4, 0.5) is 23.4 Å². The van der Waals surface area contributed by atoms with E-state index in [2.05, 4.69) is 15.2 Å². The summed E-state index contributed by atoms with van der Waals surface area (Å²) in [5.74, 6) is -3.14. The summed E-state index contributed by atoms with van der Waals surface area (Å²) in [7, 11) is 0. The number of alkyl halides is 2. The third kappa shape index (κ3) is 4.42. The quantitative estimate of drug-likeness (QED) is 0.595. The average molecular weight is 414 g/mol. The molecule has 0 fully saturated rings. The monoisotopic (exact) mass is 413 g/mol. The number of nitrogens with zero attached hydrogens (tertiary/aromatic N) is 2. The molecule has 10 heteroatoms. The minimum absolute atomic E-state index is 0.0102. The van der Waals surface area contributed by atoms with Gasteiger partial charge >= 0.3 is 6.61 Å². The largest absolute Gasteiger partial charge is 0.434 e. The number of ether oxygens (including phenoxy) is 1. The minimum atomic E-state index is -3.03. The molecule has 0 aliphatic rings. The highest BCUT2D eigenvalue weighted by Crippen LogP contribution is 2.28. The highest BCUT2D eigenvalue weighted by Gasteiger charge is 2.18. The lowest BCUT2D eigenvalue weighted by Crippen LogP contribution is -2.16. The van der Waals surface area contributed by atoms with Gasteiger partial charge in [0.05, 0.1) is 6.54 Å². The number of aromatic nitrogens is 2. The second-order valence-corrected chi connectivity index (χ2v) is 5.95. The van der Waals surface area contributed by atoms with Gasteiger partial charge in [0.1, 0.15) is 22.9 Å². The zero-order chi connectivity index (χ0) is 20.3. The van der Waals surface area contributed by atoms with Gasteiger partial charge in [-0.05, 0) is 24.3 Å². The molecule has 0 saturated carbocycles. The molecule has 1 amide bonds. The SMILES string of the molecule is O=C(Nc1ccn(Cc2c(Cl)cccc2OC(F)F)n1)c1c(F)cccc1F. The Bertz CT molecular complexity index is 990. The number of anilines is 1. The van der Waals surface area contributed by atoms with E-state index in [1.165, 1.54) is 35.1 Å². The van der Waals surface area contributed by atoms with Crippen LogP contribution in [-0.2, 0) is 6.54 Å². The van der Waals surface area contributed by atoms with Gasteiger partial charge in [-0.3, -0.25) is 9.48 Å². The predicted octanol–water partition coefficient (Wildman–Crippen LogP) is 4.72. The first-order chi connectivity index (χ1) is 13.3. The van der Waals surface area contributed by atoms with Gasteiger partial charge in [0.2, 0.25) is 0 Å². The van der Waals surface area contributed by atoms with Crippen LogP contribution in [0.2, 0.25) is 5.02 Å². The highest BCUT2D eigenvalue weighted by atomic mass is 35.5. The molecular formula is C18H12ClF4N3O2. The standard InChI is InChI=1S/C18H12ClF4N3O2/c19-11-3-1-6-14(28-18(22)23)10(11)9-26-8-7-15(25-26)24-17(27)16-12(20)4-2-5-13(16)21/h1-8,18H,9H2,(H,24,25,27). The molecule has 3 aromatic rings. The van der Waals surface area contributed by atoms with Crippen LogP contribution in [0.15, 0.2) is 48.7 Å². The minimum Gasteiger partial charge on any atom is -0.434 e. The van der Waals surface area contributed by atoms with Crippen molar-refractivity contribution < 1.29 is 27.1 Å².